The molecule has 2 rings (SSSR count). The van der Waals surface area contributed by atoms with Crippen LogP contribution in [0.1, 0.15) is 5.56 Å². The van der Waals surface area contributed by atoms with Gasteiger partial charge in [-0.25, -0.2) is 9.59 Å². The number of hydrogen-bond acceptors (Lipinski definition) is 3. The molecule has 1 atom stereocenters. The highest BCUT2D eigenvalue weighted by molar-refractivity contribution is 9.10. The standard InChI is InChI=1S/C14H17BrN2O4/c1-16(8-10-2-4-11(15)5-3-10)14(20)17-6-7-21-9-12(17)13(18)19/h2-5,12H,6-9H2,1H3,(H,18,19). The molecule has 6 nitrogen and oxygen atoms in total. The molecule has 1 aliphatic rings. The first-order valence-electron chi connectivity index (χ1n) is 6.56. The Labute approximate surface area is 131 Å². The number of carbonyl (C=O) groups excluding carboxylic acids is 1. The second kappa shape index (κ2) is 6.91. The quantitative estimate of drug-likeness (QED) is 0.896. The number of carbonyl (C=O) groups is 2. The molecule has 0 saturated carbocycles. The van der Waals surface area contributed by atoms with Crippen LogP contribution in [0, 0.1) is 0 Å². The molecule has 114 valence electrons. The maximum atomic E-state index is 12.4. The van der Waals surface area contributed by atoms with E-state index in [1.165, 1.54) is 9.80 Å². The van der Waals surface area contributed by atoms with Crippen LogP contribution in [0.25, 0.3) is 0 Å². The number of hydrogen-bond donors (Lipinski definition) is 1. The summed E-state index contributed by atoms with van der Waals surface area (Å²) in [4.78, 5) is 26.5. The van der Waals surface area contributed by atoms with E-state index in [9.17, 15) is 9.59 Å². The molecule has 7 heteroatoms. The van der Waals surface area contributed by atoms with E-state index in [0.717, 1.165) is 10.0 Å². The molecular weight excluding hydrogens is 340 g/mol. The Hall–Kier alpha value is -1.60. The van der Waals surface area contributed by atoms with Crippen molar-refractivity contribution in [1.29, 1.82) is 0 Å². The number of ether oxygens (including phenoxy) is 1. The zero-order chi connectivity index (χ0) is 15.4. The molecular formula is C14H17BrN2O4. The molecule has 0 aliphatic carbocycles. The number of morpholine rings is 1. The number of benzene rings is 1. The summed E-state index contributed by atoms with van der Waals surface area (Å²) in [6.07, 6.45) is 0. The van der Waals surface area contributed by atoms with E-state index in [2.05, 4.69) is 15.9 Å². The molecule has 1 aliphatic heterocycles. The van der Waals surface area contributed by atoms with Gasteiger partial charge in [-0.2, -0.15) is 0 Å². The number of aliphatic carboxylic acids is 1. The molecule has 1 aromatic rings. The van der Waals surface area contributed by atoms with Gasteiger partial charge < -0.3 is 19.6 Å². The van der Waals surface area contributed by atoms with Crippen LogP contribution in [0.5, 0.6) is 0 Å². The third kappa shape index (κ3) is 3.95. The zero-order valence-corrected chi connectivity index (χ0v) is 13.2. The Morgan fingerprint density at radius 2 is 2.10 bits per heavy atom. The maximum absolute atomic E-state index is 12.4. The number of carboxylic acids is 1. The first-order chi connectivity index (χ1) is 9.99. The second-order valence-electron chi connectivity index (χ2n) is 4.89. The molecule has 0 bridgehead atoms. The summed E-state index contributed by atoms with van der Waals surface area (Å²) >= 11 is 3.36. The van der Waals surface area contributed by atoms with Crippen molar-refractivity contribution in [2.24, 2.45) is 0 Å². The van der Waals surface area contributed by atoms with Crippen molar-refractivity contribution in [3.8, 4) is 0 Å². The highest BCUT2D eigenvalue weighted by atomic mass is 79.9. The van der Waals surface area contributed by atoms with Crippen molar-refractivity contribution in [2.45, 2.75) is 12.6 Å². The van der Waals surface area contributed by atoms with E-state index in [0.29, 0.717) is 19.7 Å². The predicted octanol–water partition coefficient (Wildman–Crippen LogP) is 1.79. The summed E-state index contributed by atoms with van der Waals surface area (Å²) in [6, 6.07) is 6.43. The van der Waals surface area contributed by atoms with Gasteiger partial charge in [-0.05, 0) is 17.7 Å². The highest BCUT2D eigenvalue weighted by Crippen LogP contribution is 2.14. The van der Waals surface area contributed by atoms with E-state index < -0.39 is 12.0 Å². The highest BCUT2D eigenvalue weighted by Gasteiger charge is 2.34. The van der Waals surface area contributed by atoms with E-state index >= 15 is 0 Å². The second-order valence-corrected chi connectivity index (χ2v) is 5.80. The lowest BCUT2D eigenvalue weighted by atomic mass is 10.2. The lowest BCUT2D eigenvalue weighted by Gasteiger charge is -2.35. The van der Waals surface area contributed by atoms with Crippen molar-refractivity contribution < 1.29 is 19.4 Å². The lowest BCUT2D eigenvalue weighted by Crippen LogP contribution is -2.55. The first-order valence-corrected chi connectivity index (χ1v) is 7.35. The number of carboxylic acid groups (broad SMARTS) is 1. The van der Waals surface area contributed by atoms with Gasteiger partial charge in [0.15, 0.2) is 6.04 Å². The fourth-order valence-corrected chi connectivity index (χ4v) is 2.45. The van der Waals surface area contributed by atoms with E-state index in [1.807, 2.05) is 24.3 Å². The molecule has 1 unspecified atom stereocenters. The van der Waals surface area contributed by atoms with Crippen LogP contribution in [0.4, 0.5) is 4.79 Å². The molecule has 21 heavy (non-hydrogen) atoms. The van der Waals surface area contributed by atoms with Crippen molar-refractivity contribution in [2.75, 3.05) is 26.8 Å². The average molecular weight is 357 g/mol. The van der Waals surface area contributed by atoms with Gasteiger partial charge in [0.1, 0.15) is 0 Å². The van der Waals surface area contributed by atoms with Crippen LogP contribution in [-0.2, 0) is 16.1 Å². The van der Waals surface area contributed by atoms with Gasteiger partial charge in [0.2, 0.25) is 0 Å². The third-order valence-corrected chi connectivity index (χ3v) is 3.85. The normalized spacial score (nSPS) is 18.4. The fourth-order valence-electron chi connectivity index (χ4n) is 2.19. The van der Waals surface area contributed by atoms with Gasteiger partial charge in [0, 0.05) is 24.6 Å². The molecule has 1 fully saturated rings. The number of nitrogens with zero attached hydrogens (tertiary/aromatic N) is 2. The lowest BCUT2D eigenvalue weighted by molar-refractivity contribution is -0.147. The van der Waals surface area contributed by atoms with Gasteiger partial charge >= 0.3 is 12.0 Å². The van der Waals surface area contributed by atoms with E-state index in [-0.39, 0.29) is 12.6 Å². The SMILES string of the molecule is CN(Cc1ccc(Br)cc1)C(=O)N1CCOCC1C(=O)O. The Kier molecular flexibility index (Phi) is 5.19. The minimum Gasteiger partial charge on any atom is -0.480 e. The van der Waals surface area contributed by atoms with Gasteiger partial charge in [0.05, 0.1) is 13.2 Å². The van der Waals surface area contributed by atoms with Crippen molar-refractivity contribution >= 4 is 27.9 Å². The predicted molar refractivity (Wildman–Crippen MR) is 80.0 cm³/mol. The largest absolute Gasteiger partial charge is 0.480 e. The van der Waals surface area contributed by atoms with Crippen LogP contribution in [-0.4, -0.2) is 59.8 Å². The monoisotopic (exact) mass is 356 g/mol. The van der Waals surface area contributed by atoms with Crippen LogP contribution < -0.4 is 0 Å². The summed E-state index contributed by atoms with van der Waals surface area (Å²) < 4.78 is 6.11. The van der Waals surface area contributed by atoms with Crippen LogP contribution in [0.2, 0.25) is 0 Å². The number of amides is 2. The molecule has 0 radical (unpaired) electrons. The molecule has 1 aromatic carbocycles. The van der Waals surface area contributed by atoms with Crippen molar-refractivity contribution in [3.63, 3.8) is 0 Å². The summed E-state index contributed by atoms with van der Waals surface area (Å²) in [6.45, 7) is 1.12. The molecule has 1 N–H and O–H groups in total. The van der Waals surface area contributed by atoms with Crippen molar-refractivity contribution in [1.82, 2.24) is 9.80 Å². The van der Waals surface area contributed by atoms with Crippen LogP contribution in [0.3, 0.4) is 0 Å². The van der Waals surface area contributed by atoms with Crippen molar-refractivity contribution in [3.05, 3.63) is 34.3 Å². The summed E-state index contributed by atoms with van der Waals surface area (Å²) in [5, 5.41) is 9.16. The molecule has 0 spiro atoms. The number of halogens is 1. The number of urea groups is 1. The molecule has 1 saturated heterocycles. The smallest absolute Gasteiger partial charge is 0.328 e. The molecule has 0 aromatic heterocycles. The van der Waals surface area contributed by atoms with Gasteiger partial charge in [0.25, 0.3) is 0 Å². The molecule has 2 amide bonds. The van der Waals surface area contributed by atoms with E-state index in [1.54, 1.807) is 7.05 Å². The fraction of sp³-hybridized carbons (Fsp3) is 0.429. The Morgan fingerprint density at radius 3 is 2.71 bits per heavy atom. The summed E-state index contributed by atoms with van der Waals surface area (Å²) in [5.74, 6) is -1.04. The minimum absolute atomic E-state index is 0.0349. The van der Waals surface area contributed by atoms with E-state index in [4.69, 9.17) is 9.84 Å². The summed E-state index contributed by atoms with van der Waals surface area (Å²) in [7, 11) is 1.67. The van der Waals surface area contributed by atoms with Gasteiger partial charge in [-0.1, -0.05) is 28.1 Å². The zero-order valence-electron chi connectivity index (χ0n) is 11.7. The topological polar surface area (TPSA) is 70.1 Å². The van der Waals surface area contributed by atoms with Crippen LogP contribution in [0.15, 0.2) is 28.7 Å². The Bertz CT molecular complexity index is 520. The number of rotatable bonds is 3. The maximum Gasteiger partial charge on any atom is 0.328 e. The van der Waals surface area contributed by atoms with Gasteiger partial charge in [-0.15, -0.1) is 0 Å². The minimum atomic E-state index is -1.04. The third-order valence-electron chi connectivity index (χ3n) is 3.32. The molecule has 1 heterocycles. The van der Waals surface area contributed by atoms with Crippen LogP contribution >= 0.6 is 15.9 Å². The Balaban J connectivity index is 2.03. The first kappa shape index (κ1) is 15.8. The average Bonchev–Trinajstić information content (AvgIpc) is 2.48. The van der Waals surface area contributed by atoms with Gasteiger partial charge in [-0.3, -0.25) is 0 Å². The Morgan fingerprint density at radius 1 is 1.43 bits per heavy atom. The summed E-state index contributed by atoms with van der Waals surface area (Å²) in [5.41, 5.74) is 0.981.